The molecule has 2 N–H and O–H groups in total. The molecule has 2 aliphatic carbocycles. The first-order valence-corrected chi connectivity index (χ1v) is 13.1. The molecular weight excluding hydrogens is 408 g/mol. The van der Waals surface area contributed by atoms with Crippen molar-refractivity contribution in [3.05, 3.63) is 41.1 Å². The standard InChI is InChI=1S/C24H32N4O2S/c1-31(30)21-15-25-23(26-22(21)27-24(16-29)10-3-11-24)28-12-8-18(9-13-28)20-7-6-17-4-2-5-19(17)14-20/h6-7,14-15,18,29H,2-5,8-13,16H2,1H3,(H,25,26,27)/t31-/m1/s1. The van der Waals surface area contributed by atoms with Crippen molar-refractivity contribution in [1.82, 2.24) is 9.97 Å². The Labute approximate surface area is 186 Å². The molecule has 31 heavy (non-hydrogen) atoms. The van der Waals surface area contributed by atoms with Gasteiger partial charge in [-0.3, -0.25) is 4.21 Å². The SMILES string of the molecule is C[S@@](=O)c1cnc(N2CCC(c3ccc4c(c3)CCC4)CC2)nc1NC1(CO)CCC1. The lowest BCUT2D eigenvalue weighted by molar-refractivity contribution is 0.143. The van der Waals surface area contributed by atoms with Gasteiger partial charge >= 0.3 is 0 Å². The average Bonchev–Trinajstić information content (AvgIpc) is 3.24. The van der Waals surface area contributed by atoms with Gasteiger partial charge in [-0.2, -0.15) is 4.98 Å². The van der Waals surface area contributed by atoms with E-state index in [4.69, 9.17) is 4.98 Å². The second-order valence-corrected chi connectivity index (χ2v) is 10.7. The molecule has 1 saturated heterocycles. The highest BCUT2D eigenvalue weighted by atomic mass is 32.2. The molecule has 1 atom stereocenters. The van der Waals surface area contributed by atoms with Crippen LogP contribution in [0.2, 0.25) is 0 Å². The molecule has 6 nitrogen and oxygen atoms in total. The number of hydrogen-bond acceptors (Lipinski definition) is 6. The molecular formula is C24H32N4O2S. The molecule has 0 amide bonds. The maximum Gasteiger partial charge on any atom is 0.227 e. The number of anilines is 2. The zero-order chi connectivity index (χ0) is 21.4. The third-order valence-corrected chi connectivity index (χ3v) is 8.34. The van der Waals surface area contributed by atoms with Crippen LogP contribution in [0.15, 0.2) is 29.3 Å². The van der Waals surface area contributed by atoms with Crippen LogP contribution < -0.4 is 10.2 Å². The fraction of sp³-hybridized carbons (Fsp3) is 0.583. The van der Waals surface area contributed by atoms with Gasteiger partial charge in [-0.05, 0) is 74.0 Å². The summed E-state index contributed by atoms with van der Waals surface area (Å²) in [6, 6.07) is 7.12. The van der Waals surface area contributed by atoms with Crippen LogP contribution in [0.4, 0.5) is 11.8 Å². The van der Waals surface area contributed by atoms with Crippen molar-refractivity contribution in [2.45, 2.75) is 67.7 Å². The predicted octanol–water partition coefficient (Wildman–Crippen LogP) is 3.41. The number of aryl methyl sites for hydroxylation is 2. The van der Waals surface area contributed by atoms with Gasteiger partial charge in [0.2, 0.25) is 5.95 Å². The number of piperidine rings is 1. The molecule has 0 radical (unpaired) electrons. The van der Waals surface area contributed by atoms with Crippen LogP contribution in [0.25, 0.3) is 0 Å². The Balaban J connectivity index is 1.30. The van der Waals surface area contributed by atoms with Crippen molar-refractivity contribution in [2.75, 3.05) is 36.2 Å². The van der Waals surface area contributed by atoms with Crippen LogP contribution in [0.1, 0.15) is 61.1 Å². The van der Waals surface area contributed by atoms with Crippen molar-refractivity contribution in [1.29, 1.82) is 0 Å². The summed E-state index contributed by atoms with van der Waals surface area (Å²) in [6.07, 6.45) is 12.2. The second kappa shape index (κ2) is 8.51. The summed E-state index contributed by atoms with van der Waals surface area (Å²) >= 11 is 0. The molecule has 2 fully saturated rings. The molecule has 7 heteroatoms. The monoisotopic (exact) mass is 440 g/mol. The Morgan fingerprint density at radius 2 is 1.97 bits per heavy atom. The smallest absolute Gasteiger partial charge is 0.227 e. The Bertz CT molecular complexity index is 978. The minimum absolute atomic E-state index is 0.0638. The maximum atomic E-state index is 12.2. The molecule has 0 spiro atoms. The molecule has 0 bridgehead atoms. The predicted molar refractivity (Wildman–Crippen MR) is 124 cm³/mol. The van der Waals surface area contributed by atoms with E-state index in [0.29, 0.717) is 22.6 Å². The Morgan fingerprint density at radius 1 is 1.19 bits per heavy atom. The number of hydrogen-bond donors (Lipinski definition) is 2. The fourth-order valence-corrected chi connectivity index (χ4v) is 5.82. The van der Waals surface area contributed by atoms with Crippen LogP contribution in [0, 0.1) is 0 Å². The Morgan fingerprint density at radius 3 is 2.65 bits per heavy atom. The zero-order valence-electron chi connectivity index (χ0n) is 18.3. The summed E-state index contributed by atoms with van der Waals surface area (Å²) in [6.45, 7) is 1.90. The van der Waals surface area contributed by atoms with Gasteiger partial charge in [-0.15, -0.1) is 0 Å². The van der Waals surface area contributed by atoms with Crippen molar-refractivity contribution in [2.24, 2.45) is 0 Å². The van der Waals surface area contributed by atoms with Gasteiger partial charge in [-0.1, -0.05) is 18.2 Å². The van der Waals surface area contributed by atoms with E-state index < -0.39 is 10.8 Å². The number of aromatic nitrogens is 2. The van der Waals surface area contributed by atoms with Crippen molar-refractivity contribution in [3.8, 4) is 0 Å². The lowest BCUT2D eigenvalue weighted by Crippen LogP contribution is -2.48. The molecule has 1 aromatic carbocycles. The number of benzene rings is 1. The quantitative estimate of drug-likeness (QED) is 0.717. The summed E-state index contributed by atoms with van der Waals surface area (Å²) in [4.78, 5) is 12.2. The number of rotatable bonds is 6. The number of nitrogens with one attached hydrogen (secondary N) is 1. The Hall–Kier alpha value is -1.99. The van der Waals surface area contributed by atoms with Crippen LogP contribution in [-0.4, -0.2) is 50.8 Å². The van der Waals surface area contributed by atoms with Gasteiger partial charge in [0.15, 0.2) is 0 Å². The minimum atomic E-state index is -1.19. The molecule has 2 aromatic rings. The van der Waals surface area contributed by atoms with Crippen molar-refractivity contribution >= 4 is 22.6 Å². The average molecular weight is 441 g/mol. The largest absolute Gasteiger partial charge is 0.394 e. The second-order valence-electron chi connectivity index (χ2n) is 9.40. The van der Waals surface area contributed by atoms with Crippen LogP contribution in [-0.2, 0) is 23.6 Å². The van der Waals surface area contributed by atoms with Crippen LogP contribution >= 0.6 is 0 Å². The van der Waals surface area contributed by atoms with E-state index in [2.05, 4.69) is 33.4 Å². The molecule has 166 valence electrons. The summed E-state index contributed by atoms with van der Waals surface area (Å²) in [7, 11) is -1.19. The summed E-state index contributed by atoms with van der Waals surface area (Å²) in [5.74, 6) is 1.90. The van der Waals surface area contributed by atoms with E-state index in [1.54, 1.807) is 18.0 Å². The van der Waals surface area contributed by atoms with E-state index in [-0.39, 0.29) is 12.1 Å². The van der Waals surface area contributed by atoms with Gasteiger partial charge in [0.1, 0.15) is 5.82 Å². The number of aliphatic hydroxyl groups excluding tert-OH is 1. The minimum Gasteiger partial charge on any atom is -0.394 e. The van der Waals surface area contributed by atoms with Gasteiger partial charge in [0.25, 0.3) is 0 Å². The summed E-state index contributed by atoms with van der Waals surface area (Å²) < 4.78 is 12.2. The van der Waals surface area contributed by atoms with Crippen LogP contribution in [0.3, 0.4) is 0 Å². The Kier molecular flexibility index (Phi) is 5.73. The molecule has 1 aliphatic heterocycles. The third-order valence-electron chi connectivity index (χ3n) is 7.42. The first-order chi connectivity index (χ1) is 15.1. The highest BCUT2D eigenvalue weighted by Crippen LogP contribution is 2.37. The van der Waals surface area contributed by atoms with E-state index in [9.17, 15) is 9.32 Å². The zero-order valence-corrected chi connectivity index (χ0v) is 19.1. The molecule has 3 aliphatic rings. The van der Waals surface area contributed by atoms with Gasteiger partial charge in [0, 0.05) is 19.3 Å². The van der Waals surface area contributed by atoms with E-state index in [1.807, 2.05) is 0 Å². The highest BCUT2D eigenvalue weighted by Gasteiger charge is 2.37. The number of aliphatic hydroxyl groups is 1. The lowest BCUT2D eigenvalue weighted by Gasteiger charge is -2.41. The topological polar surface area (TPSA) is 78.4 Å². The molecule has 5 rings (SSSR count). The van der Waals surface area contributed by atoms with Gasteiger partial charge < -0.3 is 15.3 Å². The number of fused-ring (bicyclic) bond motifs is 1. The summed E-state index contributed by atoms with van der Waals surface area (Å²) in [5, 5.41) is 13.3. The maximum absolute atomic E-state index is 12.2. The fourth-order valence-electron chi connectivity index (χ4n) is 5.25. The third kappa shape index (κ3) is 4.10. The van der Waals surface area contributed by atoms with Gasteiger partial charge in [0.05, 0.1) is 34.0 Å². The first-order valence-electron chi connectivity index (χ1n) is 11.5. The summed E-state index contributed by atoms with van der Waals surface area (Å²) in [5.41, 5.74) is 4.24. The van der Waals surface area contributed by atoms with Crippen molar-refractivity contribution in [3.63, 3.8) is 0 Å². The molecule has 1 saturated carbocycles. The van der Waals surface area contributed by atoms with Crippen LogP contribution in [0.5, 0.6) is 0 Å². The van der Waals surface area contributed by atoms with Gasteiger partial charge in [-0.25, -0.2) is 4.98 Å². The lowest BCUT2D eigenvalue weighted by atomic mass is 9.77. The molecule has 2 heterocycles. The highest BCUT2D eigenvalue weighted by molar-refractivity contribution is 7.84. The van der Waals surface area contributed by atoms with E-state index >= 15 is 0 Å². The van der Waals surface area contributed by atoms with Crippen molar-refractivity contribution < 1.29 is 9.32 Å². The van der Waals surface area contributed by atoms with E-state index in [0.717, 1.165) is 45.2 Å². The normalized spacial score (nSPS) is 21.4. The molecule has 1 aromatic heterocycles. The first kappa shape index (κ1) is 20.9. The van der Waals surface area contributed by atoms with E-state index in [1.165, 1.54) is 30.4 Å². The molecule has 0 unspecified atom stereocenters. The number of nitrogens with zero attached hydrogens (tertiary/aromatic N) is 3.